The van der Waals surface area contributed by atoms with E-state index < -0.39 is 0 Å². The van der Waals surface area contributed by atoms with E-state index in [1.807, 2.05) is 23.6 Å². The number of halogens is 1. The SMILES string of the molecule is C/C(=N\NC(=O)COc1ccc(Cl)cc1)c1cccc(NC(=O)c2cccs2)c1. The maximum absolute atomic E-state index is 12.2. The molecule has 0 radical (unpaired) electrons. The van der Waals surface area contributed by atoms with E-state index in [1.54, 1.807) is 49.4 Å². The van der Waals surface area contributed by atoms with Crippen molar-refractivity contribution < 1.29 is 14.3 Å². The lowest BCUT2D eigenvalue weighted by Crippen LogP contribution is -2.25. The lowest BCUT2D eigenvalue weighted by atomic mass is 10.1. The van der Waals surface area contributed by atoms with Crippen molar-refractivity contribution in [3.63, 3.8) is 0 Å². The summed E-state index contributed by atoms with van der Waals surface area (Å²) in [6.45, 7) is 1.59. The number of carbonyl (C=O) groups excluding carboxylic acids is 2. The van der Waals surface area contributed by atoms with Gasteiger partial charge in [-0.1, -0.05) is 29.8 Å². The summed E-state index contributed by atoms with van der Waals surface area (Å²) < 4.78 is 5.37. The fraction of sp³-hybridized carbons (Fsp3) is 0.0952. The Balaban J connectivity index is 1.55. The number of benzene rings is 2. The van der Waals surface area contributed by atoms with Crippen molar-refractivity contribution in [3.05, 3.63) is 81.5 Å². The number of anilines is 1. The number of amides is 2. The number of thiophene rings is 1. The van der Waals surface area contributed by atoms with Crippen LogP contribution in [0.3, 0.4) is 0 Å². The smallest absolute Gasteiger partial charge is 0.277 e. The molecule has 2 N–H and O–H groups in total. The molecule has 3 rings (SSSR count). The highest BCUT2D eigenvalue weighted by Crippen LogP contribution is 2.16. The molecule has 0 atom stereocenters. The van der Waals surface area contributed by atoms with Gasteiger partial charge in [0.25, 0.3) is 11.8 Å². The predicted molar refractivity (Wildman–Crippen MR) is 116 cm³/mol. The molecule has 0 saturated heterocycles. The third-order valence-corrected chi connectivity index (χ3v) is 4.94. The maximum Gasteiger partial charge on any atom is 0.277 e. The van der Waals surface area contributed by atoms with Gasteiger partial charge in [-0.05, 0) is 60.3 Å². The van der Waals surface area contributed by atoms with Crippen molar-refractivity contribution >= 4 is 46.2 Å². The molecule has 2 aromatic carbocycles. The Morgan fingerprint density at radius 3 is 2.62 bits per heavy atom. The Kier molecular flexibility index (Phi) is 6.99. The van der Waals surface area contributed by atoms with Crippen LogP contribution in [0.1, 0.15) is 22.2 Å². The van der Waals surface area contributed by atoms with E-state index >= 15 is 0 Å². The minimum atomic E-state index is -0.388. The van der Waals surface area contributed by atoms with E-state index in [1.165, 1.54) is 11.3 Å². The summed E-state index contributed by atoms with van der Waals surface area (Å²) in [4.78, 5) is 24.7. The number of rotatable bonds is 7. The molecule has 0 spiro atoms. The average Bonchev–Trinajstić information content (AvgIpc) is 3.27. The zero-order chi connectivity index (χ0) is 20.6. The summed E-state index contributed by atoms with van der Waals surface area (Å²) in [6.07, 6.45) is 0. The van der Waals surface area contributed by atoms with E-state index in [9.17, 15) is 9.59 Å². The van der Waals surface area contributed by atoms with Gasteiger partial charge in [-0.15, -0.1) is 11.3 Å². The van der Waals surface area contributed by atoms with Crippen LogP contribution >= 0.6 is 22.9 Å². The van der Waals surface area contributed by atoms with Crippen LogP contribution < -0.4 is 15.5 Å². The van der Waals surface area contributed by atoms with Gasteiger partial charge in [0.05, 0.1) is 10.6 Å². The van der Waals surface area contributed by atoms with Crippen molar-refractivity contribution in [1.29, 1.82) is 0 Å². The normalized spacial score (nSPS) is 11.0. The molecule has 1 heterocycles. The molecule has 8 heteroatoms. The standard InChI is InChI=1S/C21H18ClN3O3S/c1-14(24-25-20(26)13-28-18-9-7-16(22)8-10-18)15-4-2-5-17(12-15)23-21(27)19-6-3-11-29-19/h2-12H,13H2,1H3,(H,23,27)(H,25,26)/b24-14+. The van der Waals surface area contributed by atoms with Gasteiger partial charge >= 0.3 is 0 Å². The Bertz CT molecular complexity index is 1020. The van der Waals surface area contributed by atoms with E-state index in [-0.39, 0.29) is 18.4 Å². The lowest BCUT2D eigenvalue weighted by Gasteiger charge is -2.08. The van der Waals surface area contributed by atoms with E-state index in [0.29, 0.717) is 27.0 Å². The molecule has 3 aromatic rings. The van der Waals surface area contributed by atoms with Crippen molar-refractivity contribution in [2.45, 2.75) is 6.92 Å². The quantitative estimate of drug-likeness (QED) is 0.428. The van der Waals surface area contributed by atoms with Crippen LogP contribution in [-0.2, 0) is 4.79 Å². The van der Waals surface area contributed by atoms with E-state index in [4.69, 9.17) is 16.3 Å². The summed E-state index contributed by atoms with van der Waals surface area (Å²) in [6, 6.07) is 17.6. The van der Waals surface area contributed by atoms with Gasteiger partial charge in [-0.25, -0.2) is 5.43 Å². The first kappa shape index (κ1) is 20.6. The van der Waals surface area contributed by atoms with Gasteiger partial charge in [0.15, 0.2) is 6.61 Å². The molecule has 1 aromatic heterocycles. The van der Waals surface area contributed by atoms with Gasteiger partial charge in [0.1, 0.15) is 5.75 Å². The molecule has 6 nitrogen and oxygen atoms in total. The first-order valence-electron chi connectivity index (χ1n) is 8.68. The number of carbonyl (C=O) groups is 2. The van der Waals surface area contributed by atoms with Gasteiger partial charge in [-0.3, -0.25) is 9.59 Å². The Morgan fingerprint density at radius 1 is 1.10 bits per heavy atom. The van der Waals surface area contributed by atoms with Crippen molar-refractivity contribution in [3.8, 4) is 5.75 Å². The third-order valence-electron chi connectivity index (χ3n) is 3.82. The molecule has 2 amide bonds. The Hall–Kier alpha value is -3.16. The van der Waals surface area contributed by atoms with Gasteiger partial charge in [0.2, 0.25) is 0 Å². The first-order valence-corrected chi connectivity index (χ1v) is 9.94. The molecular formula is C21H18ClN3O3S. The summed E-state index contributed by atoms with van der Waals surface area (Å²) in [7, 11) is 0. The summed E-state index contributed by atoms with van der Waals surface area (Å²) in [5, 5.41) is 9.38. The molecule has 0 bridgehead atoms. The topological polar surface area (TPSA) is 79.8 Å². The summed E-state index contributed by atoms with van der Waals surface area (Å²) >= 11 is 7.18. The summed E-state index contributed by atoms with van der Waals surface area (Å²) in [5.74, 6) is -0.0136. The molecule has 0 aliphatic rings. The first-order chi connectivity index (χ1) is 14.0. The molecular weight excluding hydrogens is 410 g/mol. The monoisotopic (exact) mass is 427 g/mol. The van der Waals surface area contributed by atoms with Crippen LogP contribution in [0.5, 0.6) is 5.75 Å². The van der Waals surface area contributed by atoms with Gasteiger partial charge < -0.3 is 10.1 Å². The van der Waals surface area contributed by atoms with E-state index in [0.717, 1.165) is 5.56 Å². The lowest BCUT2D eigenvalue weighted by molar-refractivity contribution is -0.123. The highest BCUT2D eigenvalue weighted by Gasteiger charge is 2.08. The van der Waals surface area contributed by atoms with Crippen LogP contribution in [0.25, 0.3) is 0 Å². The molecule has 0 aliphatic heterocycles. The van der Waals surface area contributed by atoms with Crippen molar-refractivity contribution in [1.82, 2.24) is 5.43 Å². The fourth-order valence-electron chi connectivity index (χ4n) is 2.35. The van der Waals surface area contributed by atoms with Gasteiger partial charge in [0, 0.05) is 10.7 Å². The number of ether oxygens (including phenoxy) is 1. The van der Waals surface area contributed by atoms with E-state index in [2.05, 4.69) is 15.8 Å². The van der Waals surface area contributed by atoms with Crippen LogP contribution in [-0.4, -0.2) is 24.1 Å². The largest absolute Gasteiger partial charge is 0.484 e. The Morgan fingerprint density at radius 2 is 1.90 bits per heavy atom. The zero-order valence-corrected chi connectivity index (χ0v) is 17.1. The van der Waals surface area contributed by atoms with Crippen molar-refractivity contribution in [2.24, 2.45) is 5.10 Å². The minimum Gasteiger partial charge on any atom is -0.484 e. The number of hydrazone groups is 1. The number of hydrogen-bond acceptors (Lipinski definition) is 5. The molecule has 0 aliphatic carbocycles. The fourth-order valence-corrected chi connectivity index (χ4v) is 3.09. The second-order valence-corrected chi connectivity index (χ2v) is 7.37. The molecule has 0 fully saturated rings. The maximum atomic E-state index is 12.2. The highest BCUT2D eigenvalue weighted by molar-refractivity contribution is 7.12. The summed E-state index contributed by atoms with van der Waals surface area (Å²) in [5.41, 5.74) is 4.47. The Labute approximate surface area is 177 Å². The predicted octanol–water partition coefficient (Wildman–Crippen LogP) is 4.57. The molecule has 29 heavy (non-hydrogen) atoms. The molecule has 0 saturated carbocycles. The van der Waals surface area contributed by atoms with Crippen LogP contribution in [0.15, 0.2) is 71.1 Å². The second-order valence-electron chi connectivity index (χ2n) is 5.99. The van der Waals surface area contributed by atoms with Crippen LogP contribution in [0.4, 0.5) is 5.69 Å². The average molecular weight is 428 g/mol. The third kappa shape index (κ3) is 6.17. The minimum absolute atomic E-state index is 0.167. The number of nitrogens with one attached hydrogen (secondary N) is 2. The second kappa shape index (κ2) is 9.86. The number of nitrogens with zero attached hydrogens (tertiary/aromatic N) is 1. The molecule has 0 unspecified atom stereocenters. The van der Waals surface area contributed by atoms with Gasteiger partial charge in [-0.2, -0.15) is 5.10 Å². The molecule has 148 valence electrons. The number of hydrogen-bond donors (Lipinski definition) is 2. The zero-order valence-electron chi connectivity index (χ0n) is 15.5. The van der Waals surface area contributed by atoms with Crippen LogP contribution in [0.2, 0.25) is 5.02 Å². The van der Waals surface area contributed by atoms with Crippen LogP contribution in [0, 0.1) is 0 Å². The van der Waals surface area contributed by atoms with Crippen molar-refractivity contribution in [2.75, 3.05) is 11.9 Å². The highest BCUT2D eigenvalue weighted by atomic mass is 35.5.